The highest BCUT2D eigenvalue weighted by Gasteiger charge is 2.24. The summed E-state index contributed by atoms with van der Waals surface area (Å²) in [5, 5.41) is 3.30. The van der Waals surface area contributed by atoms with Crippen LogP contribution in [0.3, 0.4) is 0 Å². The van der Waals surface area contributed by atoms with Crippen molar-refractivity contribution in [1.82, 2.24) is 4.98 Å². The number of nitrogens with one attached hydrogen (secondary N) is 1. The number of aromatic nitrogens is 1. The fraction of sp³-hybridized carbons (Fsp3) is 0.538. The number of hydrogen-bond donors (Lipinski definition) is 1. The van der Waals surface area contributed by atoms with Gasteiger partial charge in [-0.15, -0.1) is 0 Å². The lowest BCUT2D eigenvalue weighted by Gasteiger charge is -2.16. The molecule has 0 spiro atoms. The van der Waals surface area contributed by atoms with Crippen LogP contribution in [0.25, 0.3) is 0 Å². The Labute approximate surface area is 107 Å². The summed E-state index contributed by atoms with van der Waals surface area (Å²) in [5.41, 5.74) is 0.470. The van der Waals surface area contributed by atoms with E-state index in [2.05, 4.69) is 10.3 Å². The third-order valence-electron chi connectivity index (χ3n) is 2.98. The standard InChI is InChI=1S/C13H18N2O3/c1-3-17-13(16)10-4-5-12(14-8-10)15-11-6-7-18-9(11)2/h4-5,8-9,11H,3,6-7H2,1-2H3,(H,14,15). The van der Waals surface area contributed by atoms with Crippen molar-refractivity contribution in [3.63, 3.8) is 0 Å². The number of hydrogen-bond acceptors (Lipinski definition) is 5. The van der Waals surface area contributed by atoms with Crippen LogP contribution in [0.1, 0.15) is 30.6 Å². The van der Waals surface area contributed by atoms with E-state index in [0.29, 0.717) is 12.2 Å². The molecule has 0 amide bonds. The first-order valence-corrected chi connectivity index (χ1v) is 6.22. The number of carbonyl (C=O) groups is 1. The minimum atomic E-state index is -0.339. The van der Waals surface area contributed by atoms with E-state index >= 15 is 0 Å². The molecule has 1 aromatic heterocycles. The Morgan fingerprint density at radius 3 is 3.00 bits per heavy atom. The van der Waals surface area contributed by atoms with Crippen molar-refractivity contribution in [2.75, 3.05) is 18.5 Å². The van der Waals surface area contributed by atoms with Gasteiger partial charge in [0.25, 0.3) is 0 Å². The lowest BCUT2D eigenvalue weighted by Crippen LogP contribution is -2.27. The molecule has 5 heteroatoms. The first-order valence-electron chi connectivity index (χ1n) is 6.22. The van der Waals surface area contributed by atoms with E-state index in [0.717, 1.165) is 18.8 Å². The first-order chi connectivity index (χ1) is 8.70. The van der Waals surface area contributed by atoms with Crippen LogP contribution >= 0.6 is 0 Å². The molecule has 1 N–H and O–H groups in total. The molecule has 1 saturated heterocycles. The maximum absolute atomic E-state index is 11.4. The molecule has 98 valence electrons. The molecule has 5 nitrogen and oxygen atoms in total. The number of pyridine rings is 1. The number of esters is 1. The zero-order valence-corrected chi connectivity index (χ0v) is 10.7. The Balaban J connectivity index is 1.97. The third-order valence-corrected chi connectivity index (χ3v) is 2.98. The van der Waals surface area contributed by atoms with Gasteiger partial charge in [0, 0.05) is 12.8 Å². The summed E-state index contributed by atoms with van der Waals surface area (Å²) in [7, 11) is 0. The van der Waals surface area contributed by atoms with Crippen molar-refractivity contribution in [3.05, 3.63) is 23.9 Å². The van der Waals surface area contributed by atoms with Gasteiger partial charge < -0.3 is 14.8 Å². The van der Waals surface area contributed by atoms with E-state index in [9.17, 15) is 4.79 Å². The Hall–Kier alpha value is -1.62. The summed E-state index contributed by atoms with van der Waals surface area (Å²) in [6, 6.07) is 3.79. The molecule has 2 unspecified atom stereocenters. The molecule has 2 rings (SSSR count). The SMILES string of the molecule is CCOC(=O)c1ccc(NC2CCOC2C)nc1. The highest BCUT2D eigenvalue weighted by atomic mass is 16.5. The van der Waals surface area contributed by atoms with E-state index in [1.165, 1.54) is 6.20 Å². The van der Waals surface area contributed by atoms with Crippen LogP contribution in [0.5, 0.6) is 0 Å². The summed E-state index contributed by atoms with van der Waals surface area (Å²) in [5.74, 6) is 0.416. The average molecular weight is 250 g/mol. The lowest BCUT2D eigenvalue weighted by molar-refractivity contribution is 0.0526. The monoisotopic (exact) mass is 250 g/mol. The Kier molecular flexibility index (Phi) is 4.15. The third kappa shape index (κ3) is 2.98. The number of carbonyl (C=O) groups excluding carboxylic acids is 1. The van der Waals surface area contributed by atoms with Gasteiger partial charge in [0.05, 0.1) is 24.3 Å². The molecule has 1 fully saturated rings. The molecule has 1 aliphatic rings. The van der Waals surface area contributed by atoms with Crippen LogP contribution in [0.4, 0.5) is 5.82 Å². The van der Waals surface area contributed by atoms with Crippen molar-refractivity contribution in [2.24, 2.45) is 0 Å². The number of nitrogens with zero attached hydrogens (tertiary/aromatic N) is 1. The van der Waals surface area contributed by atoms with Crippen molar-refractivity contribution in [3.8, 4) is 0 Å². The molecule has 18 heavy (non-hydrogen) atoms. The predicted octanol–water partition coefficient (Wildman–Crippen LogP) is 1.85. The highest BCUT2D eigenvalue weighted by Crippen LogP contribution is 2.17. The first kappa shape index (κ1) is 12.8. The van der Waals surface area contributed by atoms with Crippen molar-refractivity contribution in [2.45, 2.75) is 32.4 Å². The quantitative estimate of drug-likeness (QED) is 0.826. The second kappa shape index (κ2) is 5.82. The highest BCUT2D eigenvalue weighted by molar-refractivity contribution is 5.89. The molecule has 0 aromatic carbocycles. The Bertz CT molecular complexity index is 405. The molecule has 0 aliphatic carbocycles. The van der Waals surface area contributed by atoms with Crippen LogP contribution in [0, 0.1) is 0 Å². The molecule has 2 heterocycles. The summed E-state index contributed by atoms with van der Waals surface area (Å²) in [6.07, 6.45) is 2.69. The minimum absolute atomic E-state index is 0.191. The largest absolute Gasteiger partial charge is 0.462 e. The topological polar surface area (TPSA) is 60.5 Å². The van der Waals surface area contributed by atoms with E-state index < -0.39 is 0 Å². The fourth-order valence-corrected chi connectivity index (χ4v) is 1.93. The van der Waals surface area contributed by atoms with Gasteiger partial charge in [0.15, 0.2) is 0 Å². The molecule has 2 atom stereocenters. The normalized spacial score (nSPS) is 22.8. The van der Waals surface area contributed by atoms with Crippen LogP contribution in [0.15, 0.2) is 18.3 Å². The van der Waals surface area contributed by atoms with Crippen molar-refractivity contribution < 1.29 is 14.3 Å². The Morgan fingerprint density at radius 1 is 1.61 bits per heavy atom. The summed E-state index contributed by atoms with van der Waals surface area (Å²) < 4.78 is 10.4. The number of rotatable bonds is 4. The number of anilines is 1. The molecular weight excluding hydrogens is 232 g/mol. The maximum Gasteiger partial charge on any atom is 0.339 e. The predicted molar refractivity (Wildman–Crippen MR) is 67.6 cm³/mol. The summed E-state index contributed by atoms with van der Waals surface area (Å²) in [4.78, 5) is 15.7. The van der Waals surface area contributed by atoms with E-state index in [1.807, 2.05) is 6.92 Å². The zero-order valence-electron chi connectivity index (χ0n) is 10.7. The molecular formula is C13H18N2O3. The molecule has 1 aliphatic heterocycles. The van der Waals surface area contributed by atoms with Gasteiger partial charge in [-0.25, -0.2) is 9.78 Å². The van der Waals surface area contributed by atoms with Crippen LogP contribution < -0.4 is 5.32 Å². The summed E-state index contributed by atoms with van der Waals surface area (Å²) >= 11 is 0. The molecule has 0 bridgehead atoms. The van der Waals surface area contributed by atoms with E-state index in [1.54, 1.807) is 19.1 Å². The number of ether oxygens (including phenoxy) is 2. The van der Waals surface area contributed by atoms with Gasteiger partial charge in [0.2, 0.25) is 0 Å². The van der Waals surface area contributed by atoms with Gasteiger partial charge >= 0.3 is 5.97 Å². The lowest BCUT2D eigenvalue weighted by atomic mass is 10.1. The molecule has 0 radical (unpaired) electrons. The van der Waals surface area contributed by atoms with E-state index in [4.69, 9.17) is 9.47 Å². The van der Waals surface area contributed by atoms with Crippen LogP contribution in [-0.2, 0) is 9.47 Å². The van der Waals surface area contributed by atoms with Gasteiger partial charge in [-0.3, -0.25) is 0 Å². The van der Waals surface area contributed by atoms with Gasteiger partial charge in [-0.1, -0.05) is 0 Å². The van der Waals surface area contributed by atoms with Crippen molar-refractivity contribution >= 4 is 11.8 Å². The zero-order chi connectivity index (χ0) is 13.0. The molecule has 1 aromatic rings. The van der Waals surface area contributed by atoms with Gasteiger partial charge in [-0.05, 0) is 32.4 Å². The van der Waals surface area contributed by atoms with Gasteiger partial charge in [0.1, 0.15) is 5.82 Å². The van der Waals surface area contributed by atoms with Gasteiger partial charge in [-0.2, -0.15) is 0 Å². The average Bonchev–Trinajstić information content (AvgIpc) is 2.76. The van der Waals surface area contributed by atoms with Crippen LogP contribution in [0.2, 0.25) is 0 Å². The Morgan fingerprint density at radius 2 is 2.44 bits per heavy atom. The fourth-order valence-electron chi connectivity index (χ4n) is 1.93. The van der Waals surface area contributed by atoms with E-state index in [-0.39, 0.29) is 18.1 Å². The second-order valence-electron chi connectivity index (χ2n) is 4.27. The minimum Gasteiger partial charge on any atom is -0.462 e. The van der Waals surface area contributed by atoms with Crippen LogP contribution in [-0.4, -0.2) is 36.3 Å². The maximum atomic E-state index is 11.4. The molecule has 0 saturated carbocycles. The smallest absolute Gasteiger partial charge is 0.339 e. The van der Waals surface area contributed by atoms with Crippen molar-refractivity contribution in [1.29, 1.82) is 0 Å². The second-order valence-corrected chi connectivity index (χ2v) is 4.27. The summed E-state index contributed by atoms with van der Waals surface area (Å²) in [6.45, 7) is 4.97.